The van der Waals surface area contributed by atoms with Crippen LogP contribution in [0.1, 0.15) is 13.3 Å². The predicted molar refractivity (Wildman–Crippen MR) is 109 cm³/mol. The van der Waals surface area contributed by atoms with Crippen molar-refractivity contribution in [3.05, 3.63) is 57.6 Å². The first kappa shape index (κ1) is 21.0. The largest absolute Gasteiger partial charge is 0.349 e. The van der Waals surface area contributed by atoms with Crippen molar-refractivity contribution < 1.29 is 17.2 Å². The van der Waals surface area contributed by atoms with E-state index < -0.39 is 27.2 Å². The minimum Gasteiger partial charge on any atom is -0.349 e. The zero-order valence-electron chi connectivity index (χ0n) is 15.5. The molecule has 0 aliphatic rings. The van der Waals surface area contributed by atoms with Crippen LogP contribution in [0.5, 0.6) is 0 Å². The highest BCUT2D eigenvalue weighted by Crippen LogP contribution is 2.36. The summed E-state index contributed by atoms with van der Waals surface area (Å²) in [7, 11) is -2.24. The second-order valence-electron chi connectivity index (χ2n) is 6.31. The Balaban J connectivity index is 2.07. The van der Waals surface area contributed by atoms with Crippen LogP contribution in [0.4, 0.5) is 25.8 Å². The molecule has 2 aromatic carbocycles. The summed E-state index contributed by atoms with van der Waals surface area (Å²) in [6, 6.07) is 4.86. The lowest BCUT2D eigenvalue weighted by atomic mass is 10.2. The van der Waals surface area contributed by atoms with Crippen LogP contribution in [0.2, 0.25) is 5.02 Å². The molecule has 2 N–H and O–H groups in total. The van der Waals surface area contributed by atoms with Gasteiger partial charge in [-0.1, -0.05) is 18.5 Å². The number of hydrogen-bond acceptors (Lipinski definition) is 5. The fourth-order valence-corrected chi connectivity index (χ4v) is 4.17. The van der Waals surface area contributed by atoms with Crippen molar-refractivity contribution in [2.45, 2.75) is 13.3 Å². The molecule has 3 aromatic rings. The van der Waals surface area contributed by atoms with Crippen molar-refractivity contribution in [2.75, 3.05) is 15.8 Å². The molecule has 0 aliphatic heterocycles. The number of nitrogens with one attached hydrogen (secondary N) is 2. The molecule has 29 heavy (non-hydrogen) atoms. The van der Waals surface area contributed by atoms with Gasteiger partial charge in [0.2, 0.25) is 10.0 Å². The average molecular weight is 443 g/mol. The van der Waals surface area contributed by atoms with Crippen molar-refractivity contribution in [3.8, 4) is 0 Å². The highest BCUT2D eigenvalue weighted by Gasteiger charge is 2.19. The number of sulfonamides is 1. The van der Waals surface area contributed by atoms with E-state index in [0.29, 0.717) is 6.42 Å². The number of nitrogens with zero attached hydrogens (tertiary/aromatic N) is 2. The van der Waals surface area contributed by atoms with Gasteiger partial charge in [-0.05, 0) is 30.7 Å². The van der Waals surface area contributed by atoms with Gasteiger partial charge in [0.25, 0.3) is 5.56 Å². The van der Waals surface area contributed by atoms with E-state index in [0.717, 1.165) is 10.6 Å². The number of halogens is 3. The van der Waals surface area contributed by atoms with Crippen LogP contribution in [0, 0.1) is 11.6 Å². The van der Waals surface area contributed by atoms with Gasteiger partial charge in [0, 0.05) is 7.05 Å². The third-order valence-electron chi connectivity index (χ3n) is 4.11. The second kappa shape index (κ2) is 7.96. The maximum absolute atomic E-state index is 14.9. The number of rotatable bonds is 6. The summed E-state index contributed by atoms with van der Waals surface area (Å²) in [6.07, 6.45) is 1.64. The summed E-state index contributed by atoms with van der Waals surface area (Å²) in [4.78, 5) is 16.2. The van der Waals surface area contributed by atoms with Crippen LogP contribution in [0.25, 0.3) is 10.9 Å². The maximum Gasteiger partial charge on any atom is 0.263 e. The highest BCUT2D eigenvalue weighted by molar-refractivity contribution is 7.92. The fraction of sp³-hybridized carbons (Fsp3) is 0.222. The monoisotopic (exact) mass is 442 g/mol. The second-order valence-corrected chi connectivity index (χ2v) is 8.53. The first-order chi connectivity index (χ1) is 13.6. The van der Waals surface area contributed by atoms with Crippen molar-refractivity contribution in [1.29, 1.82) is 0 Å². The Morgan fingerprint density at radius 1 is 1.17 bits per heavy atom. The van der Waals surface area contributed by atoms with E-state index in [2.05, 4.69) is 15.0 Å². The summed E-state index contributed by atoms with van der Waals surface area (Å²) in [5.74, 6) is -1.89. The number of aryl methyl sites for hydroxylation is 1. The van der Waals surface area contributed by atoms with E-state index in [1.807, 2.05) is 0 Å². The zero-order chi connectivity index (χ0) is 21.3. The number of fused-ring (bicyclic) bond motifs is 1. The molecule has 11 heteroatoms. The Morgan fingerprint density at radius 3 is 2.55 bits per heavy atom. The number of hydrogen-bond donors (Lipinski definition) is 2. The first-order valence-corrected chi connectivity index (χ1v) is 10.6. The molecule has 0 bridgehead atoms. The van der Waals surface area contributed by atoms with E-state index in [9.17, 15) is 22.0 Å². The Hall–Kier alpha value is -2.72. The highest BCUT2D eigenvalue weighted by atomic mass is 35.5. The van der Waals surface area contributed by atoms with Gasteiger partial charge in [0.05, 0.1) is 39.7 Å². The molecular formula is C18H17ClF2N4O3S. The van der Waals surface area contributed by atoms with Crippen LogP contribution in [0.15, 0.2) is 35.4 Å². The lowest BCUT2D eigenvalue weighted by Gasteiger charge is -2.15. The van der Waals surface area contributed by atoms with Gasteiger partial charge in [0.15, 0.2) is 5.82 Å². The lowest BCUT2D eigenvalue weighted by molar-refractivity contribution is 0.599. The maximum atomic E-state index is 14.9. The van der Waals surface area contributed by atoms with Gasteiger partial charge in [-0.3, -0.25) is 9.52 Å². The molecular weight excluding hydrogens is 426 g/mol. The van der Waals surface area contributed by atoms with E-state index in [4.69, 9.17) is 11.6 Å². The zero-order valence-corrected chi connectivity index (χ0v) is 17.0. The molecule has 0 aliphatic carbocycles. The minimum atomic E-state index is -3.67. The lowest BCUT2D eigenvalue weighted by Crippen LogP contribution is -2.18. The molecule has 0 spiro atoms. The van der Waals surface area contributed by atoms with Crippen LogP contribution in [-0.4, -0.2) is 23.7 Å². The van der Waals surface area contributed by atoms with E-state index in [-0.39, 0.29) is 38.7 Å². The Bertz CT molecular complexity index is 1260. The molecule has 0 saturated heterocycles. The Labute approximate surface area is 170 Å². The molecule has 0 amide bonds. The van der Waals surface area contributed by atoms with Gasteiger partial charge < -0.3 is 9.88 Å². The summed E-state index contributed by atoms with van der Waals surface area (Å²) >= 11 is 6.17. The Kier molecular flexibility index (Phi) is 5.76. The first-order valence-electron chi connectivity index (χ1n) is 8.54. The smallest absolute Gasteiger partial charge is 0.263 e. The molecule has 0 unspecified atom stereocenters. The quantitative estimate of drug-likeness (QED) is 0.606. The SMILES string of the molecule is CCCS(=O)(=O)Nc1ccc(F)c(Nc2ccc3ncn(C)c(=O)c3c2F)c1Cl. The molecule has 3 rings (SSSR count). The van der Waals surface area contributed by atoms with Crippen LogP contribution in [0.3, 0.4) is 0 Å². The molecule has 0 atom stereocenters. The van der Waals surface area contributed by atoms with E-state index >= 15 is 0 Å². The summed E-state index contributed by atoms with van der Waals surface area (Å²) in [6.45, 7) is 1.69. The van der Waals surface area contributed by atoms with Crippen LogP contribution >= 0.6 is 11.6 Å². The fourth-order valence-electron chi connectivity index (χ4n) is 2.72. The number of anilines is 3. The molecule has 0 fully saturated rings. The average Bonchev–Trinajstić information content (AvgIpc) is 2.65. The topological polar surface area (TPSA) is 93.1 Å². The molecule has 0 radical (unpaired) electrons. The third-order valence-corrected chi connectivity index (χ3v) is 5.98. The predicted octanol–water partition coefficient (Wildman–Crippen LogP) is 3.76. The van der Waals surface area contributed by atoms with E-state index in [1.165, 1.54) is 31.6 Å². The summed E-state index contributed by atoms with van der Waals surface area (Å²) < 4.78 is 56.7. The van der Waals surface area contributed by atoms with Crippen molar-refractivity contribution in [1.82, 2.24) is 9.55 Å². The summed E-state index contributed by atoms with van der Waals surface area (Å²) in [5, 5.41) is 1.97. The standard InChI is InChI=1S/C18H17ClF2N4O3S/c1-3-8-29(27,28)24-12-5-4-10(20)17(15(12)19)23-13-7-6-11-14(16(13)21)18(26)25(2)9-22-11/h4-7,9,23-24H,3,8H2,1-2H3. The molecule has 1 aromatic heterocycles. The van der Waals surface area contributed by atoms with Gasteiger partial charge in [-0.15, -0.1) is 0 Å². The van der Waals surface area contributed by atoms with Crippen LogP contribution < -0.4 is 15.6 Å². The molecule has 154 valence electrons. The molecule has 7 nitrogen and oxygen atoms in total. The molecule has 1 heterocycles. The Morgan fingerprint density at radius 2 is 1.86 bits per heavy atom. The van der Waals surface area contributed by atoms with Gasteiger partial charge in [-0.25, -0.2) is 22.2 Å². The van der Waals surface area contributed by atoms with Crippen molar-refractivity contribution in [2.24, 2.45) is 7.05 Å². The molecule has 0 saturated carbocycles. The number of benzene rings is 2. The van der Waals surface area contributed by atoms with Crippen LogP contribution in [-0.2, 0) is 17.1 Å². The van der Waals surface area contributed by atoms with Crippen molar-refractivity contribution >= 4 is 49.6 Å². The summed E-state index contributed by atoms with van der Waals surface area (Å²) in [5.41, 5.74) is -1.06. The number of aromatic nitrogens is 2. The van der Waals surface area contributed by atoms with Gasteiger partial charge in [-0.2, -0.15) is 0 Å². The van der Waals surface area contributed by atoms with Gasteiger partial charge >= 0.3 is 0 Å². The normalized spacial score (nSPS) is 11.6. The van der Waals surface area contributed by atoms with E-state index in [1.54, 1.807) is 6.92 Å². The van der Waals surface area contributed by atoms with Gasteiger partial charge in [0.1, 0.15) is 11.2 Å². The minimum absolute atomic E-state index is 0.0530. The third kappa shape index (κ3) is 4.18. The van der Waals surface area contributed by atoms with Crippen molar-refractivity contribution in [3.63, 3.8) is 0 Å².